The largest absolute Gasteiger partial charge is 0.481 e. The maximum Gasteiger partial charge on any atom is 0.336 e. The molecule has 0 aromatic rings. The molecule has 1 atom stereocenters. The number of hydrogen-bond donors (Lipinski definition) is 3. The molecule has 0 aliphatic rings. The molecule has 1 unspecified atom stereocenters. The molecule has 0 aromatic carbocycles. The van der Waals surface area contributed by atoms with E-state index in [4.69, 9.17) is 10.2 Å². The van der Waals surface area contributed by atoms with Crippen molar-refractivity contribution in [3.8, 4) is 0 Å². The first-order valence-electron chi connectivity index (χ1n) is 4.73. The number of carboxylic acids is 1. The minimum absolute atomic E-state index is 0.0427. The fourth-order valence-corrected chi connectivity index (χ4v) is 1.99. The van der Waals surface area contributed by atoms with E-state index < -0.39 is 34.6 Å². The van der Waals surface area contributed by atoms with Crippen LogP contribution < -0.4 is 4.72 Å². The Bertz CT molecular complexity index is 364. The number of esters is 1. The van der Waals surface area contributed by atoms with Gasteiger partial charge in [0.25, 0.3) is 0 Å². The first kappa shape index (κ1) is 15.8. The summed E-state index contributed by atoms with van der Waals surface area (Å²) in [6.07, 6.45) is -1.88. The van der Waals surface area contributed by atoms with E-state index in [1.807, 2.05) is 4.72 Å². The van der Waals surface area contributed by atoms with Crippen LogP contribution in [-0.2, 0) is 24.3 Å². The second-order valence-corrected chi connectivity index (χ2v) is 5.13. The Labute approximate surface area is 98.6 Å². The van der Waals surface area contributed by atoms with Crippen LogP contribution in [0.25, 0.3) is 0 Å². The van der Waals surface area contributed by atoms with Crippen LogP contribution in [0, 0.1) is 0 Å². The molecular formula is C8H15NO7S. The highest BCUT2D eigenvalue weighted by Crippen LogP contribution is 1.95. The number of aliphatic hydroxyl groups excluding tert-OH is 1. The number of rotatable bonds is 8. The number of ether oxygens (including phenoxy) is 1. The zero-order valence-electron chi connectivity index (χ0n) is 9.25. The molecule has 0 aliphatic heterocycles. The van der Waals surface area contributed by atoms with Crippen LogP contribution in [0.15, 0.2) is 0 Å². The number of nitrogens with one attached hydrogen (secondary N) is 1. The van der Waals surface area contributed by atoms with Crippen LogP contribution in [-0.4, -0.2) is 56.1 Å². The van der Waals surface area contributed by atoms with E-state index >= 15 is 0 Å². The van der Waals surface area contributed by atoms with E-state index in [1.54, 1.807) is 0 Å². The van der Waals surface area contributed by atoms with Crippen molar-refractivity contribution in [1.82, 2.24) is 4.72 Å². The quantitative estimate of drug-likeness (QED) is 0.448. The van der Waals surface area contributed by atoms with Crippen molar-refractivity contribution >= 4 is 22.0 Å². The van der Waals surface area contributed by atoms with E-state index in [-0.39, 0.29) is 18.6 Å². The van der Waals surface area contributed by atoms with Gasteiger partial charge in [-0.25, -0.2) is 17.9 Å². The average Bonchev–Trinajstić information content (AvgIpc) is 2.24. The van der Waals surface area contributed by atoms with E-state index in [2.05, 4.69) is 4.74 Å². The van der Waals surface area contributed by atoms with Gasteiger partial charge in [0.05, 0.1) is 12.9 Å². The molecule has 9 heteroatoms. The molecule has 0 spiro atoms. The maximum atomic E-state index is 11.3. The molecule has 0 saturated heterocycles. The van der Waals surface area contributed by atoms with Gasteiger partial charge in [-0.3, -0.25) is 4.79 Å². The monoisotopic (exact) mass is 269 g/mol. The molecule has 0 fully saturated rings. The first-order chi connectivity index (χ1) is 7.78. The highest BCUT2D eigenvalue weighted by molar-refractivity contribution is 7.89. The highest BCUT2D eigenvalue weighted by atomic mass is 32.2. The van der Waals surface area contributed by atoms with Gasteiger partial charge in [0.15, 0.2) is 6.10 Å². The molecule has 0 radical (unpaired) electrons. The van der Waals surface area contributed by atoms with Gasteiger partial charge in [-0.15, -0.1) is 0 Å². The van der Waals surface area contributed by atoms with Crippen molar-refractivity contribution in [3.05, 3.63) is 0 Å². The second kappa shape index (κ2) is 7.20. The van der Waals surface area contributed by atoms with Crippen LogP contribution in [0.4, 0.5) is 0 Å². The Hall–Kier alpha value is -1.19. The molecule has 0 amide bonds. The number of sulfonamides is 1. The lowest BCUT2D eigenvalue weighted by Crippen LogP contribution is -2.38. The smallest absolute Gasteiger partial charge is 0.336 e. The van der Waals surface area contributed by atoms with Crippen molar-refractivity contribution in [1.29, 1.82) is 0 Å². The van der Waals surface area contributed by atoms with E-state index in [0.29, 0.717) is 0 Å². The number of aliphatic hydroxyl groups is 1. The van der Waals surface area contributed by atoms with Gasteiger partial charge < -0.3 is 14.9 Å². The molecule has 0 aliphatic carbocycles. The maximum absolute atomic E-state index is 11.3. The molecule has 0 rings (SSSR count). The Morgan fingerprint density at radius 2 is 2.00 bits per heavy atom. The molecule has 0 aromatic heterocycles. The third-order valence-electron chi connectivity index (χ3n) is 1.77. The van der Waals surface area contributed by atoms with Gasteiger partial charge in [0.1, 0.15) is 0 Å². The zero-order chi connectivity index (χ0) is 13.5. The number of aliphatic carboxylic acids is 1. The Kier molecular flexibility index (Phi) is 6.69. The van der Waals surface area contributed by atoms with Crippen LogP contribution >= 0.6 is 0 Å². The summed E-state index contributed by atoms with van der Waals surface area (Å²) in [5, 5.41) is 17.4. The summed E-state index contributed by atoms with van der Waals surface area (Å²) in [5.41, 5.74) is 0. The highest BCUT2D eigenvalue weighted by Gasteiger charge is 2.19. The standard InChI is InChI=1S/C8H15NO7S/c1-16-8(13)6(10)5-9-17(14,15)4-2-3-7(11)12/h6,9-10H,2-5H2,1H3,(H,11,12). The second-order valence-electron chi connectivity index (χ2n) is 3.20. The fraction of sp³-hybridized carbons (Fsp3) is 0.750. The minimum atomic E-state index is -3.70. The minimum Gasteiger partial charge on any atom is -0.481 e. The summed E-state index contributed by atoms with van der Waals surface area (Å²) in [4.78, 5) is 20.9. The van der Waals surface area contributed by atoms with Crippen LogP contribution in [0.2, 0.25) is 0 Å². The summed E-state index contributed by atoms with van der Waals surface area (Å²) < 4.78 is 28.7. The number of carbonyl (C=O) groups is 2. The van der Waals surface area contributed by atoms with E-state index in [0.717, 1.165) is 7.11 Å². The predicted molar refractivity (Wildman–Crippen MR) is 56.7 cm³/mol. The summed E-state index contributed by atoms with van der Waals surface area (Å²) >= 11 is 0. The van der Waals surface area contributed by atoms with Gasteiger partial charge in [0, 0.05) is 13.0 Å². The van der Waals surface area contributed by atoms with Gasteiger partial charge in [-0.2, -0.15) is 0 Å². The van der Waals surface area contributed by atoms with Gasteiger partial charge >= 0.3 is 11.9 Å². The molecule has 0 bridgehead atoms. The fourth-order valence-electron chi connectivity index (χ4n) is 0.911. The third kappa shape index (κ3) is 7.66. The Morgan fingerprint density at radius 1 is 1.41 bits per heavy atom. The van der Waals surface area contributed by atoms with Crippen molar-refractivity contribution in [2.75, 3.05) is 19.4 Å². The molecule has 8 nitrogen and oxygen atoms in total. The van der Waals surface area contributed by atoms with Crippen LogP contribution in [0.3, 0.4) is 0 Å². The Morgan fingerprint density at radius 3 is 2.47 bits per heavy atom. The van der Waals surface area contributed by atoms with Crippen molar-refractivity contribution in [2.45, 2.75) is 18.9 Å². The van der Waals surface area contributed by atoms with Gasteiger partial charge in [0.2, 0.25) is 10.0 Å². The van der Waals surface area contributed by atoms with Crippen molar-refractivity contribution in [2.24, 2.45) is 0 Å². The lowest BCUT2D eigenvalue weighted by molar-refractivity contribution is -0.149. The Balaban J connectivity index is 4.01. The topological polar surface area (TPSA) is 130 Å². The van der Waals surface area contributed by atoms with Crippen molar-refractivity contribution in [3.63, 3.8) is 0 Å². The SMILES string of the molecule is COC(=O)C(O)CNS(=O)(=O)CCCC(=O)O. The summed E-state index contributed by atoms with van der Waals surface area (Å²) in [7, 11) is -2.63. The summed E-state index contributed by atoms with van der Waals surface area (Å²) in [5.74, 6) is -2.42. The summed E-state index contributed by atoms with van der Waals surface area (Å²) in [6, 6.07) is 0. The lowest BCUT2D eigenvalue weighted by Gasteiger charge is -2.09. The molecule has 3 N–H and O–H groups in total. The van der Waals surface area contributed by atoms with Crippen LogP contribution in [0.5, 0.6) is 0 Å². The van der Waals surface area contributed by atoms with Gasteiger partial charge in [-0.1, -0.05) is 0 Å². The first-order valence-corrected chi connectivity index (χ1v) is 6.38. The normalized spacial score (nSPS) is 13.1. The zero-order valence-corrected chi connectivity index (χ0v) is 10.1. The summed E-state index contributed by atoms with van der Waals surface area (Å²) in [6.45, 7) is -0.498. The van der Waals surface area contributed by atoms with Crippen molar-refractivity contribution < 1.29 is 33.0 Å². The van der Waals surface area contributed by atoms with Gasteiger partial charge in [-0.05, 0) is 6.42 Å². The number of hydrogen-bond acceptors (Lipinski definition) is 6. The molecule has 100 valence electrons. The van der Waals surface area contributed by atoms with E-state index in [9.17, 15) is 18.0 Å². The lowest BCUT2D eigenvalue weighted by atomic mass is 10.3. The molecule has 17 heavy (non-hydrogen) atoms. The predicted octanol–water partition coefficient (Wildman–Crippen LogP) is -1.70. The molecule has 0 heterocycles. The number of methoxy groups -OCH3 is 1. The van der Waals surface area contributed by atoms with Crippen LogP contribution in [0.1, 0.15) is 12.8 Å². The molecule has 0 saturated carbocycles. The van der Waals surface area contributed by atoms with E-state index in [1.165, 1.54) is 0 Å². The number of carbonyl (C=O) groups excluding carboxylic acids is 1. The third-order valence-corrected chi connectivity index (χ3v) is 3.21. The average molecular weight is 269 g/mol. The number of carboxylic acid groups (broad SMARTS) is 1. The molecular weight excluding hydrogens is 254 g/mol.